The summed E-state index contributed by atoms with van der Waals surface area (Å²) in [5, 5.41) is 2.58. The molecular formula is C9H8NO. The molecule has 0 aliphatic heterocycles. The van der Waals surface area contributed by atoms with Crippen molar-refractivity contribution in [2.75, 3.05) is 5.32 Å². The zero-order valence-electron chi connectivity index (χ0n) is 6.00. The molecule has 0 heterocycles. The van der Waals surface area contributed by atoms with Gasteiger partial charge in [0.2, 0.25) is 5.91 Å². The Morgan fingerprint density at radius 3 is 3.00 bits per heavy atom. The Bertz CT molecular complexity index is 254. The number of para-hydroxylation sites is 1. The second-order valence-corrected chi connectivity index (χ2v) is 1.97. The minimum Gasteiger partial charge on any atom is -0.322 e. The molecule has 1 rings (SSSR count). The van der Waals surface area contributed by atoms with Gasteiger partial charge < -0.3 is 5.32 Å². The molecule has 11 heavy (non-hydrogen) atoms. The maximum absolute atomic E-state index is 10.7. The standard InChI is InChI=1S/C9H8NO/c1-2-9(11)10-8-6-4-3-5-7-8/h2-6H,1H2,(H,10,11). The van der Waals surface area contributed by atoms with Crippen LogP contribution in [-0.2, 0) is 4.79 Å². The number of hydrogen-bond donors (Lipinski definition) is 1. The van der Waals surface area contributed by atoms with Crippen LogP contribution >= 0.6 is 0 Å². The summed E-state index contributed by atoms with van der Waals surface area (Å²) in [4.78, 5) is 10.7. The van der Waals surface area contributed by atoms with E-state index in [1.807, 2.05) is 12.1 Å². The molecule has 1 aromatic carbocycles. The van der Waals surface area contributed by atoms with E-state index in [-0.39, 0.29) is 5.91 Å². The third kappa shape index (κ3) is 2.26. The minimum absolute atomic E-state index is 0.215. The van der Waals surface area contributed by atoms with Gasteiger partial charge in [-0.15, -0.1) is 0 Å². The summed E-state index contributed by atoms with van der Waals surface area (Å²) in [6.07, 6.45) is 1.22. The molecule has 0 atom stereocenters. The fourth-order valence-corrected chi connectivity index (χ4v) is 0.655. The van der Waals surface area contributed by atoms with Gasteiger partial charge in [0.15, 0.2) is 0 Å². The highest BCUT2D eigenvalue weighted by atomic mass is 16.1. The Morgan fingerprint density at radius 1 is 1.64 bits per heavy atom. The molecule has 0 saturated heterocycles. The van der Waals surface area contributed by atoms with Crippen LogP contribution in [0.25, 0.3) is 0 Å². The Labute approximate surface area is 65.5 Å². The summed E-state index contributed by atoms with van der Waals surface area (Å²) in [5.41, 5.74) is 0.664. The third-order valence-electron chi connectivity index (χ3n) is 1.15. The highest BCUT2D eigenvalue weighted by Gasteiger charge is 1.93. The topological polar surface area (TPSA) is 29.1 Å². The van der Waals surface area contributed by atoms with Crippen LogP contribution < -0.4 is 5.32 Å². The van der Waals surface area contributed by atoms with E-state index in [2.05, 4.69) is 18.0 Å². The van der Waals surface area contributed by atoms with Crippen molar-refractivity contribution in [2.24, 2.45) is 0 Å². The molecule has 2 nitrogen and oxygen atoms in total. The Hall–Kier alpha value is -1.57. The molecule has 0 aliphatic rings. The average molecular weight is 146 g/mol. The van der Waals surface area contributed by atoms with Gasteiger partial charge in [0.25, 0.3) is 0 Å². The lowest BCUT2D eigenvalue weighted by molar-refractivity contribution is -0.111. The van der Waals surface area contributed by atoms with Gasteiger partial charge in [-0.25, -0.2) is 0 Å². The normalized spacial score (nSPS) is 8.73. The van der Waals surface area contributed by atoms with Crippen molar-refractivity contribution in [1.82, 2.24) is 0 Å². The van der Waals surface area contributed by atoms with Crippen LogP contribution in [-0.4, -0.2) is 5.91 Å². The first-order valence-electron chi connectivity index (χ1n) is 3.23. The van der Waals surface area contributed by atoms with Crippen molar-refractivity contribution < 1.29 is 4.79 Å². The van der Waals surface area contributed by atoms with Crippen molar-refractivity contribution >= 4 is 11.6 Å². The maximum atomic E-state index is 10.7. The summed E-state index contributed by atoms with van der Waals surface area (Å²) < 4.78 is 0. The molecule has 55 valence electrons. The van der Waals surface area contributed by atoms with E-state index in [0.717, 1.165) is 0 Å². The maximum Gasteiger partial charge on any atom is 0.247 e. The van der Waals surface area contributed by atoms with Crippen LogP contribution in [0.5, 0.6) is 0 Å². The average Bonchev–Trinajstić information content (AvgIpc) is 2.06. The van der Waals surface area contributed by atoms with Gasteiger partial charge >= 0.3 is 0 Å². The first-order valence-corrected chi connectivity index (χ1v) is 3.23. The zero-order chi connectivity index (χ0) is 8.10. The van der Waals surface area contributed by atoms with E-state index in [9.17, 15) is 4.79 Å². The molecule has 0 bridgehead atoms. The van der Waals surface area contributed by atoms with E-state index < -0.39 is 0 Å². The predicted molar refractivity (Wildman–Crippen MR) is 44.1 cm³/mol. The van der Waals surface area contributed by atoms with Crippen LogP contribution in [0.3, 0.4) is 0 Å². The van der Waals surface area contributed by atoms with Crippen molar-refractivity contribution in [1.29, 1.82) is 0 Å². The monoisotopic (exact) mass is 146 g/mol. The van der Waals surface area contributed by atoms with Crippen LogP contribution in [0.2, 0.25) is 0 Å². The lowest BCUT2D eigenvalue weighted by atomic mass is 10.3. The molecule has 1 radical (unpaired) electrons. The van der Waals surface area contributed by atoms with Crippen molar-refractivity contribution in [2.45, 2.75) is 0 Å². The van der Waals surface area contributed by atoms with Crippen LogP contribution in [0.1, 0.15) is 0 Å². The number of benzene rings is 1. The number of hydrogen-bond acceptors (Lipinski definition) is 1. The SMILES string of the molecule is C=CC(=O)Nc1[c]cccc1. The van der Waals surface area contributed by atoms with E-state index in [0.29, 0.717) is 5.69 Å². The van der Waals surface area contributed by atoms with Crippen LogP contribution in [0.15, 0.2) is 36.9 Å². The number of amides is 1. The summed E-state index contributed by atoms with van der Waals surface area (Å²) in [7, 11) is 0. The Kier molecular flexibility index (Phi) is 2.44. The van der Waals surface area contributed by atoms with Crippen molar-refractivity contribution in [3.63, 3.8) is 0 Å². The second-order valence-electron chi connectivity index (χ2n) is 1.97. The second kappa shape index (κ2) is 3.56. The highest BCUT2D eigenvalue weighted by molar-refractivity contribution is 5.98. The van der Waals surface area contributed by atoms with Crippen molar-refractivity contribution in [3.8, 4) is 0 Å². The largest absolute Gasteiger partial charge is 0.322 e. The molecule has 0 unspecified atom stereocenters. The minimum atomic E-state index is -0.215. The molecule has 0 spiro atoms. The third-order valence-corrected chi connectivity index (χ3v) is 1.15. The number of carbonyl (C=O) groups is 1. The fraction of sp³-hybridized carbons (Fsp3) is 0. The Balaban J connectivity index is 2.65. The van der Waals surface area contributed by atoms with Crippen LogP contribution in [0, 0.1) is 6.07 Å². The van der Waals surface area contributed by atoms with Gasteiger partial charge in [0.1, 0.15) is 0 Å². The number of rotatable bonds is 2. The quantitative estimate of drug-likeness (QED) is 0.631. The first kappa shape index (κ1) is 7.54. The van der Waals surface area contributed by atoms with Gasteiger partial charge in [0.05, 0.1) is 0 Å². The van der Waals surface area contributed by atoms with E-state index >= 15 is 0 Å². The van der Waals surface area contributed by atoms with Gasteiger partial charge in [-0.1, -0.05) is 24.8 Å². The van der Waals surface area contributed by atoms with E-state index in [1.165, 1.54) is 6.08 Å². The summed E-state index contributed by atoms with van der Waals surface area (Å²) in [5.74, 6) is -0.215. The van der Waals surface area contributed by atoms with Gasteiger partial charge in [-0.3, -0.25) is 4.79 Å². The molecular weight excluding hydrogens is 138 g/mol. The van der Waals surface area contributed by atoms with E-state index in [1.54, 1.807) is 12.1 Å². The summed E-state index contributed by atoms with van der Waals surface area (Å²) in [6, 6.07) is 10.0. The summed E-state index contributed by atoms with van der Waals surface area (Å²) in [6.45, 7) is 3.33. The summed E-state index contributed by atoms with van der Waals surface area (Å²) >= 11 is 0. The first-order chi connectivity index (χ1) is 5.33. The molecule has 0 fully saturated rings. The molecule has 0 aliphatic carbocycles. The number of carbonyl (C=O) groups excluding carboxylic acids is 1. The lowest BCUT2D eigenvalue weighted by Crippen LogP contribution is -2.06. The molecule has 2 heteroatoms. The molecule has 1 amide bonds. The number of nitrogens with one attached hydrogen (secondary N) is 1. The smallest absolute Gasteiger partial charge is 0.247 e. The lowest BCUT2D eigenvalue weighted by Gasteiger charge is -1.98. The zero-order valence-corrected chi connectivity index (χ0v) is 6.00. The van der Waals surface area contributed by atoms with E-state index in [4.69, 9.17) is 0 Å². The molecule has 0 aromatic heterocycles. The molecule has 0 saturated carbocycles. The molecule has 1 aromatic rings. The fourth-order valence-electron chi connectivity index (χ4n) is 0.655. The molecule has 1 N–H and O–H groups in total. The van der Waals surface area contributed by atoms with Crippen LogP contribution in [0.4, 0.5) is 5.69 Å². The van der Waals surface area contributed by atoms with Gasteiger partial charge in [0, 0.05) is 11.8 Å². The van der Waals surface area contributed by atoms with Gasteiger partial charge in [-0.2, -0.15) is 0 Å². The highest BCUT2D eigenvalue weighted by Crippen LogP contribution is 2.02. The van der Waals surface area contributed by atoms with Gasteiger partial charge in [-0.05, 0) is 12.1 Å². The Morgan fingerprint density at radius 2 is 2.45 bits per heavy atom. The predicted octanol–water partition coefficient (Wildman–Crippen LogP) is 1.61. The number of anilines is 1. The van der Waals surface area contributed by atoms with Crippen molar-refractivity contribution in [3.05, 3.63) is 43.0 Å².